The van der Waals surface area contributed by atoms with E-state index < -0.39 is 0 Å². The highest BCUT2D eigenvalue weighted by atomic mass is 32.1. The molecule has 0 aromatic carbocycles. The molecule has 1 aromatic heterocycles. The van der Waals surface area contributed by atoms with E-state index in [1.54, 1.807) is 6.20 Å². The van der Waals surface area contributed by atoms with Gasteiger partial charge in [-0.15, -0.1) is 0 Å². The van der Waals surface area contributed by atoms with Gasteiger partial charge in [0.2, 0.25) is 5.91 Å². The fraction of sp³-hybridized carbons (Fsp3) is 0.538. The number of hydrogen-bond acceptors (Lipinski definition) is 4. The summed E-state index contributed by atoms with van der Waals surface area (Å²) in [5, 5.41) is 11.9. The number of nitrogens with zero attached hydrogens (tertiary/aromatic N) is 1. The molecule has 0 bridgehead atoms. The Morgan fingerprint density at radius 3 is 3.06 bits per heavy atom. The van der Waals surface area contributed by atoms with Crippen molar-refractivity contribution in [1.82, 2.24) is 4.98 Å². The molecule has 1 heterocycles. The molecule has 0 unspecified atom stereocenters. The second-order valence-corrected chi connectivity index (χ2v) is 5.32. The number of rotatable bonds is 5. The number of anilines is 1. The van der Waals surface area contributed by atoms with Gasteiger partial charge in [0.15, 0.2) is 5.13 Å². The van der Waals surface area contributed by atoms with Gasteiger partial charge in [-0.3, -0.25) is 4.79 Å². The number of amides is 1. The first-order valence-corrected chi connectivity index (χ1v) is 6.79. The normalized spacial score (nSPS) is 10.0. The van der Waals surface area contributed by atoms with Gasteiger partial charge in [0.05, 0.1) is 17.7 Å². The van der Waals surface area contributed by atoms with Crippen molar-refractivity contribution in [3.63, 3.8) is 0 Å². The van der Waals surface area contributed by atoms with E-state index in [4.69, 9.17) is 5.11 Å². The minimum atomic E-state index is -0.00656. The Bertz CT molecular complexity index is 443. The van der Waals surface area contributed by atoms with Crippen molar-refractivity contribution in [3.05, 3.63) is 11.1 Å². The predicted octanol–water partition coefficient (Wildman–Crippen LogP) is 2.25. The Morgan fingerprint density at radius 2 is 2.39 bits per heavy atom. The number of carbonyl (C=O) groups excluding carboxylic acids is 1. The lowest BCUT2D eigenvalue weighted by molar-refractivity contribution is -0.116. The van der Waals surface area contributed by atoms with Crippen LogP contribution in [0.15, 0.2) is 6.20 Å². The van der Waals surface area contributed by atoms with Crippen molar-refractivity contribution in [1.29, 1.82) is 0 Å². The molecule has 1 aromatic rings. The minimum absolute atomic E-state index is 0.00656. The Balaban J connectivity index is 2.44. The Hall–Kier alpha value is -1.38. The van der Waals surface area contributed by atoms with Crippen LogP contribution in [0.2, 0.25) is 0 Å². The van der Waals surface area contributed by atoms with Gasteiger partial charge in [-0.25, -0.2) is 4.98 Å². The second kappa shape index (κ2) is 7.85. The van der Waals surface area contributed by atoms with E-state index in [1.807, 2.05) is 0 Å². The molecule has 5 heteroatoms. The van der Waals surface area contributed by atoms with Gasteiger partial charge in [-0.05, 0) is 12.3 Å². The number of nitrogens with one attached hydrogen (secondary N) is 1. The quantitative estimate of drug-likeness (QED) is 0.804. The molecule has 0 spiro atoms. The summed E-state index contributed by atoms with van der Waals surface area (Å²) in [6, 6.07) is 0. The van der Waals surface area contributed by atoms with Crippen LogP contribution in [-0.2, 0) is 4.79 Å². The standard InChI is InChI=1S/C13H18N2O2S/c1-10(2)6-7-12(17)15-13-14-9-11(18-13)5-3-4-8-16/h9-10,16H,4,6-8H2,1-2H3,(H,14,15,17). The van der Waals surface area contributed by atoms with E-state index in [2.05, 4.69) is 36.0 Å². The average Bonchev–Trinajstić information content (AvgIpc) is 2.74. The van der Waals surface area contributed by atoms with Crippen molar-refractivity contribution >= 4 is 22.4 Å². The summed E-state index contributed by atoms with van der Waals surface area (Å²) in [6.07, 6.45) is 3.48. The van der Waals surface area contributed by atoms with E-state index in [0.29, 0.717) is 23.9 Å². The average molecular weight is 266 g/mol. The highest BCUT2D eigenvalue weighted by Gasteiger charge is 2.06. The van der Waals surface area contributed by atoms with Gasteiger partial charge in [0.25, 0.3) is 0 Å². The smallest absolute Gasteiger partial charge is 0.226 e. The van der Waals surface area contributed by atoms with Crippen molar-refractivity contribution in [2.75, 3.05) is 11.9 Å². The van der Waals surface area contributed by atoms with Crippen LogP contribution in [0, 0.1) is 17.8 Å². The summed E-state index contributed by atoms with van der Waals surface area (Å²) >= 11 is 1.35. The lowest BCUT2D eigenvalue weighted by Gasteiger charge is -2.03. The molecule has 0 saturated heterocycles. The molecular weight excluding hydrogens is 248 g/mol. The van der Waals surface area contributed by atoms with Gasteiger partial charge in [-0.1, -0.05) is 37.0 Å². The van der Waals surface area contributed by atoms with E-state index in [1.165, 1.54) is 11.3 Å². The molecule has 0 saturated carbocycles. The van der Waals surface area contributed by atoms with E-state index in [9.17, 15) is 4.79 Å². The lowest BCUT2D eigenvalue weighted by Crippen LogP contribution is -2.11. The lowest BCUT2D eigenvalue weighted by atomic mass is 10.1. The highest BCUT2D eigenvalue weighted by Crippen LogP contribution is 2.17. The summed E-state index contributed by atoms with van der Waals surface area (Å²) in [4.78, 5) is 16.5. The maximum Gasteiger partial charge on any atom is 0.226 e. The molecule has 4 nitrogen and oxygen atoms in total. The third kappa shape index (κ3) is 5.80. The topological polar surface area (TPSA) is 62.2 Å². The van der Waals surface area contributed by atoms with Gasteiger partial charge in [0, 0.05) is 12.8 Å². The first-order chi connectivity index (χ1) is 8.61. The summed E-state index contributed by atoms with van der Waals surface area (Å²) in [7, 11) is 0. The summed E-state index contributed by atoms with van der Waals surface area (Å²) in [6.45, 7) is 4.24. The zero-order valence-corrected chi connectivity index (χ0v) is 11.5. The van der Waals surface area contributed by atoms with Crippen LogP contribution in [0.25, 0.3) is 0 Å². The van der Waals surface area contributed by atoms with Crippen LogP contribution in [-0.4, -0.2) is 22.6 Å². The molecule has 2 N–H and O–H groups in total. The summed E-state index contributed by atoms with van der Waals surface area (Å²) in [5.74, 6) is 6.21. The zero-order chi connectivity index (χ0) is 13.4. The summed E-state index contributed by atoms with van der Waals surface area (Å²) < 4.78 is 0. The van der Waals surface area contributed by atoms with Crippen LogP contribution >= 0.6 is 11.3 Å². The third-order valence-electron chi connectivity index (χ3n) is 2.15. The predicted molar refractivity (Wildman–Crippen MR) is 73.4 cm³/mol. The first kappa shape index (κ1) is 14.7. The minimum Gasteiger partial charge on any atom is -0.395 e. The largest absolute Gasteiger partial charge is 0.395 e. The van der Waals surface area contributed by atoms with Gasteiger partial charge in [0.1, 0.15) is 0 Å². The second-order valence-electron chi connectivity index (χ2n) is 4.29. The highest BCUT2D eigenvalue weighted by molar-refractivity contribution is 7.16. The number of aromatic nitrogens is 1. The molecule has 1 rings (SSSR count). The SMILES string of the molecule is CC(C)CCC(=O)Nc1ncc(C#CCCO)s1. The van der Waals surface area contributed by atoms with Crippen molar-refractivity contribution < 1.29 is 9.90 Å². The molecule has 0 radical (unpaired) electrons. The van der Waals surface area contributed by atoms with E-state index >= 15 is 0 Å². The Labute approximate surface area is 111 Å². The van der Waals surface area contributed by atoms with E-state index in [-0.39, 0.29) is 12.5 Å². The molecule has 0 aliphatic carbocycles. The van der Waals surface area contributed by atoms with Gasteiger partial charge in [-0.2, -0.15) is 0 Å². The molecule has 0 atom stereocenters. The zero-order valence-electron chi connectivity index (χ0n) is 10.7. The van der Waals surface area contributed by atoms with Crippen LogP contribution in [0.3, 0.4) is 0 Å². The maximum absolute atomic E-state index is 11.6. The van der Waals surface area contributed by atoms with Crippen LogP contribution < -0.4 is 5.32 Å². The maximum atomic E-state index is 11.6. The van der Waals surface area contributed by atoms with Crippen molar-refractivity contribution in [2.24, 2.45) is 5.92 Å². The van der Waals surface area contributed by atoms with Crippen LogP contribution in [0.1, 0.15) is 38.0 Å². The number of aliphatic hydroxyl groups is 1. The monoisotopic (exact) mass is 266 g/mol. The Morgan fingerprint density at radius 1 is 1.61 bits per heavy atom. The summed E-state index contributed by atoms with van der Waals surface area (Å²) in [5.41, 5.74) is 0. The number of hydrogen-bond donors (Lipinski definition) is 2. The molecule has 0 fully saturated rings. The number of aliphatic hydroxyl groups excluding tert-OH is 1. The fourth-order valence-corrected chi connectivity index (χ4v) is 1.90. The molecule has 18 heavy (non-hydrogen) atoms. The van der Waals surface area contributed by atoms with Gasteiger partial charge < -0.3 is 10.4 Å². The van der Waals surface area contributed by atoms with Crippen LogP contribution in [0.4, 0.5) is 5.13 Å². The fourth-order valence-electron chi connectivity index (χ4n) is 1.20. The molecule has 0 aliphatic rings. The number of thiazole rings is 1. The molecule has 0 aliphatic heterocycles. The third-order valence-corrected chi connectivity index (χ3v) is 2.98. The van der Waals surface area contributed by atoms with Crippen molar-refractivity contribution in [2.45, 2.75) is 33.1 Å². The molecule has 98 valence electrons. The van der Waals surface area contributed by atoms with Gasteiger partial charge >= 0.3 is 0 Å². The molecule has 1 amide bonds. The Kier molecular flexibility index (Phi) is 6.40. The van der Waals surface area contributed by atoms with E-state index in [0.717, 1.165) is 11.3 Å². The first-order valence-electron chi connectivity index (χ1n) is 5.97. The molecular formula is C13H18N2O2S. The van der Waals surface area contributed by atoms with Crippen LogP contribution in [0.5, 0.6) is 0 Å². The number of carbonyl (C=O) groups is 1. The van der Waals surface area contributed by atoms with Crippen molar-refractivity contribution in [3.8, 4) is 11.8 Å².